The smallest absolute Gasteiger partial charge is 0.731 e. The van der Waals surface area contributed by atoms with Gasteiger partial charge in [-0.05, 0) is 12.8 Å². The SMILES string of the molecule is O=C(NS(=O)(=O)[O-])[C@@H]1CC[C@@H](NOS(=O)(=O)[O-])CN1.[Na+].[Na+]. The molecule has 0 radical (unpaired) electrons. The van der Waals surface area contributed by atoms with E-state index in [1.165, 1.54) is 4.72 Å². The van der Waals surface area contributed by atoms with E-state index in [-0.39, 0.29) is 78.5 Å². The standard InChI is InChI=1S/C6H13N3O8S2.2Na/c10-6(9-18(11,12)13)5-2-1-4(3-7-5)8-17-19(14,15)16;;/h4-5,7-8H,1-3H2,(H,9,10)(H,11,12,13)(H,14,15,16);;/q;2*+1/p-2/t4-,5+;;/m1../s1. The molecule has 0 bridgehead atoms. The molecule has 1 heterocycles. The zero-order valence-corrected chi connectivity index (χ0v) is 17.0. The third kappa shape index (κ3) is 11.4. The predicted octanol–water partition coefficient (Wildman–Crippen LogP) is -9.33. The predicted molar refractivity (Wildman–Crippen MR) is 56.6 cm³/mol. The van der Waals surface area contributed by atoms with Crippen LogP contribution in [-0.2, 0) is 29.8 Å². The van der Waals surface area contributed by atoms with E-state index in [0.29, 0.717) is 0 Å². The Kier molecular flexibility index (Phi) is 11.8. The van der Waals surface area contributed by atoms with Gasteiger partial charge in [-0.25, -0.2) is 16.8 Å². The largest absolute Gasteiger partial charge is 1.00 e. The van der Waals surface area contributed by atoms with Gasteiger partial charge in [0.25, 0.3) is 0 Å². The molecule has 1 rings (SSSR count). The monoisotopic (exact) mass is 363 g/mol. The summed E-state index contributed by atoms with van der Waals surface area (Å²) in [6.45, 7) is 0.0481. The molecule has 11 nitrogen and oxygen atoms in total. The minimum absolute atomic E-state index is 0. The summed E-state index contributed by atoms with van der Waals surface area (Å²) >= 11 is 0. The zero-order chi connectivity index (χ0) is 14.7. The van der Waals surface area contributed by atoms with E-state index in [0.717, 1.165) is 0 Å². The van der Waals surface area contributed by atoms with Crippen molar-refractivity contribution in [2.75, 3.05) is 6.54 Å². The van der Waals surface area contributed by atoms with Gasteiger partial charge in [0, 0.05) is 12.6 Å². The fraction of sp³-hybridized carbons (Fsp3) is 0.833. The molecule has 0 spiro atoms. The average Bonchev–Trinajstić information content (AvgIpc) is 2.23. The van der Waals surface area contributed by atoms with E-state index in [1.54, 1.807) is 0 Å². The number of carbonyl (C=O) groups is 1. The first-order valence-electron chi connectivity index (χ1n) is 4.97. The molecule has 3 N–H and O–H groups in total. The Morgan fingerprint density at radius 1 is 1.14 bits per heavy atom. The van der Waals surface area contributed by atoms with Crippen molar-refractivity contribution in [2.24, 2.45) is 0 Å². The van der Waals surface area contributed by atoms with Crippen LogP contribution in [0.3, 0.4) is 0 Å². The van der Waals surface area contributed by atoms with Gasteiger partial charge in [0.15, 0.2) is 10.3 Å². The zero-order valence-electron chi connectivity index (χ0n) is 11.4. The van der Waals surface area contributed by atoms with Gasteiger partial charge in [-0.2, -0.15) is 9.76 Å². The summed E-state index contributed by atoms with van der Waals surface area (Å²) in [4.78, 5) is 11.3. The Balaban J connectivity index is 0. The normalized spacial score (nSPS) is 22.6. The van der Waals surface area contributed by atoms with Crippen LogP contribution < -0.4 is 74.6 Å². The van der Waals surface area contributed by atoms with Crippen LogP contribution in [0.5, 0.6) is 0 Å². The first-order valence-corrected chi connectivity index (χ1v) is 7.71. The van der Waals surface area contributed by atoms with Gasteiger partial charge in [0.1, 0.15) is 0 Å². The van der Waals surface area contributed by atoms with Crippen molar-refractivity contribution >= 4 is 26.6 Å². The third-order valence-corrected chi connectivity index (χ3v) is 3.02. The van der Waals surface area contributed by atoms with Crippen LogP contribution in [0.25, 0.3) is 0 Å². The van der Waals surface area contributed by atoms with Crippen LogP contribution in [0, 0.1) is 0 Å². The topological polar surface area (TPSA) is 177 Å². The molecule has 0 unspecified atom stereocenters. The number of carbonyl (C=O) groups excluding carboxylic acids is 1. The van der Waals surface area contributed by atoms with Gasteiger partial charge in [-0.15, -0.1) is 0 Å². The molecule has 0 aliphatic carbocycles. The molecule has 0 aromatic carbocycles. The van der Waals surface area contributed by atoms with Crippen LogP contribution in [0.15, 0.2) is 0 Å². The van der Waals surface area contributed by atoms with Gasteiger partial charge < -0.3 is 14.4 Å². The van der Waals surface area contributed by atoms with Crippen molar-refractivity contribution in [3.05, 3.63) is 0 Å². The van der Waals surface area contributed by atoms with Crippen molar-refractivity contribution in [1.82, 2.24) is 15.5 Å². The van der Waals surface area contributed by atoms with Gasteiger partial charge in [-0.3, -0.25) is 9.52 Å². The Hall–Kier alpha value is 1.17. The molecule has 0 aromatic heterocycles. The molecule has 0 aromatic rings. The number of piperidine rings is 1. The van der Waals surface area contributed by atoms with Crippen LogP contribution in [-0.4, -0.2) is 50.5 Å². The van der Waals surface area contributed by atoms with Gasteiger partial charge >= 0.3 is 59.1 Å². The van der Waals surface area contributed by atoms with Crippen molar-refractivity contribution < 1.29 is 94.1 Å². The summed E-state index contributed by atoms with van der Waals surface area (Å²) in [6.07, 6.45) is 0.362. The molecular weight excluding hydrogens is 352 g/mol. The van der Waals surface area contributed by atoms with Crippen LogP contribution >= 0.6 is 0 Å². The summed E-state index contributed by atoms with van der Waals surface area (Å²) in [5, 5.41) is 2.57. The molecule has 0 saturated carbocycles. The van der Waals surface area contributed by atoms with E-state index >= 15 is 0 Å². The second kappa shape index (κ2) is 10.1. The maximum Gasteiger partial charge on any atom is 1.00 e. The molecule has 2 atom stereocenters. The number of hydroxylamine groups is 1. The number of rotatable bonds is 5. The van der Waals surface area contributed by atoms with E-state index in [4.69, 9.17) is 0 Å². The first kappa shape index (κ1) is 24.4. The van der Waals surface area contributed by atoms with Gasteiger partial charge in [-0.1, -0.05) is 0 Å². The molecule has 15 heteroatoms. The third-order valence-electron chi connectivity index (χ3n) is 2.27. The maximum absolute atomic E-state index is 11.3. The number of hydrogen-bond acceptors (Lipinski definition) is 10. The van der Waals surface area contributed by atoms with E-state index in [1.807, 2.05) is 5.48 Å². The Labute approximate surface area is 166 Å². The fourth-order valence-corrected chi connectivity index (χ4v) is 2.14. The van der Waals surface area contributed by atoms with Gasteiger partial charge in [0.05, 0.1) is 6.04 Å². The quantitative estimate of drug-likeness (QED) is 0.184. The molecule has 21 heavy (non-hydrogen) atoms. The second-order valence-corrected chi connectivity index (χ2v) is 5.86. The van der Waals surface area contributed by atoms with Crippen molar-refractivity contribution in [3.8, 4) is 0 Å². The van der Waals surface area contributed by atoms with Crippen molar-refractivity contribution in [3.63, 3.8) is 0 Å². The Bertz CT molecular complexity index is 530. The molecule has 1 aliphatic heterocycles. The minimum Gasteiger partial charge on any atom is -0.731 e. The van der Waals surface area contributed by atoms with E-state index in [2.05, 4.69) is 9.60 Å². The minimum atomic E-state index is -4.87. The summed E-state index contributed by atoms with van der Waals surface area (Å²) in [6, 6.07) is -1.44. The fourth-order valence-electron chi connectivity index (χ4n) is 1.50. The molecule has 1 amide bonds. The van der Waals surface area contributed by atoms with Crippen LogP contribution in [0.2, 0.25) is 0 Å². The summed E-state index contributed by atoms with van der Waals surface area (Å²) in [5.41, 5.74) is 1.99. The van der Waals surface area contributed by atoms with E-state index < -0.39 is 38.7 Å². The average molecular weight is 363 g/mol. The number of amides is 1. The van der Waals surface area contributed by atoms with Crippen LogP contribution in [0.4, 0.5) is 0 Å². The second-order valence-electron chi connectivity index (χ2n) is 3.76. The van der Waals surface area contributed by atoms with E-state index in [9.17, 15) is 30.7 Å². The van der Waals surface area contributed by atoms with Crippen molar-refractivity contribution in [2.45, 2.75) is 24.9 Å². The van der Waals surface area contributed by atoms with Gasteiger partial charge in [0.2, 0.25) is 16.3 Å². The molecule has 112 valence electrons. The first-order chi connectivity index (χ1) is 8.57. The van der Waals surface area contributed by atoms with Crippen LogP contribution in [0.1, 0.15) is 12.8 Å². The van der Waals surface area contributed by atoms with Crippen molar-refractivity contribution in [1.29, 1.82) is 0 Å². The molecule has 1 saturated heterocycles. The molecular formula is C6H11N3Na2O8S2. The Morgan fingerprint density at radius 3 is 2.10 bits per heavy atom. The number of hydrogen-bond donors (Lipinski definition) is 3. The Morgan fingerprint density at radius 2 is 1.71 bits per heavy atom. The molecule has 1 aliphatic rings. The number of nitrogens with one attached hydrogen (secondary N) is 3. The summed E-state index contributed by atoms with van der Waals surface area (Å²) in [5.74, 6) is -0.995. The summed E-state index contributed by atoms with van der Waals surface area (Å²) < 4.78 is 66.6. The molecule has 1 fully saturated rings. The maximum atomic E-state index is 11.3. The summed E-state index contributed by atoms with van der Waals surface area (Å²) in [7, 11) is -9.73.